The van der Waals surface area contributed by atoms with E-state index < -0.39 is 5.91 Å². The van der Waals surface area contributed by atoms with Crippen molar-refractivity contribution in [1.29, 1.82) is 0 Å². The standard InChI is InChI=1S/C26H27N7O2S/c1-31-12-14-32(15-13-31)26-28-17-23(36-22-8-6-20(7-9-22)24(27)34)25(30-26)35-18-19-4-2-5-21(16-19)33-11-3-10-29-33/h2-11,16-17H,12-15,18H2,1H3,(H2,27,34). The Morgan fingerprint density at radius 1 is 1.08 bits per heavy atom. The zero-order valence-electron chi connectivity index (χ0n) is 19.9. The van der Waals surface area contributed by atoms with Gasteiger partial charge >= 0.3 is 0 Å². The number of primary amides is 1. The van der Waals surface area contributed by atoms with Crippen LogP contribution in [0.5, 0.6) is 5.88 Å². The zero-order chi connectivity index (χ0) is 24.9. The van der Waals surface area contributed by atoms with Crippen molar-refractivity contribution in [2.24, 2.45) is 5.73 Å². The highest BCUT2D eigenvalue weighted by atomic mass is 32.2. The van der Waals surface area contributed by atoms with E-state index in [2.05, 4.69) is 26.9 Å². The van der Waals surface area contributed by atoms with Crippen LogP contribution in [0.25, 0.3) is 5.69 Å². The van der Waals surface area contributed by atoms with Gasteiger partial charge < -0.3 is 20.3 Å². The molecule has 36 heavy (non-hydrogen) atoms. The molecule has 0 atom stereocenters. The normalized spacial score (nSPS) is 14.1. The van der Waals surface area contributed by atoms with E-state index in [9.17, 15) is 4.79 Å². The molecular formula is C26H27N7O2S. The number of nitrogens with two attached hydrogens (primary N) is 1. The molecule has 5 rings (SSSR count). The minimum Gasteiger partial charge on any atom is -0.472 e. The van der Waals surface area contributed by atoms with E-state index in [0.717, 1.165) is 47.2 Å². The Labute approximate surface area is 213 Å². The third-order valence-electron chi connectivity index (χ3n) is 5.92. The molecule has 2 N–H and O–H groups in total. The lowest BCUT2D eigenvalue weighted by Crippen LogP contribution is -2.45. The molecule has 1 aliphatic heterocycles. The van der Waals surface area contributed by atoms with Gasteiger partial charge in [0, 0.05) is 49.0 Å². The minimum atomic E-state index is -0.451. The van der Waals surface area contributed by atoms with Crippen LogP contribution < -0.4 is 15.4 Å². The van der Waals surface area contributed by atoms with Crippen molar-refractivity contribution in [3.8, 4) is 11.6 Å². The number of carbonyl (C=O) groups excluding carboxylic acids is 1. The highest BCUT2D eigenvalue weighted by Gasteiger charge is 2.19. The van der Waals surface area contributed by atoms with Crippen LogP contribution in [0.1, 0.15) is 15.9 Å². The second kappa shape index (κ2) is 10.8. The minimum absolute atomic E-state index is 0.350. The fraction of sp³-hybridized carbons (Fsp3) is 0.231. The first-order chi connectivity index (χ1) is 17.5. The molecular weight excluding hydrogens is 474 g/mol. The Kier molecular flexibility index (Phi) is 7.15. The molecule has 1 saturated heterocycles. The molecule has 0 saturated carbocycles. The SMILES string of the molecule is CN1CCN(c2ncc(Sc3ccc(C(N)=O)cc3)c(OCc3cccc(-n4cccn4)c3)n2)CC1. The first-order valence-electron chi connectivity index (χ1n) is 11.7. The van der Waals surface area contributed by atoms with Gasteiger partial charge in [-0.15, -0.1) is 0 Å². The van der Waals surface area contributed by atoms with E-state index in [1.54, 1.807) is 18.3 Å². The molecule has 0 spiro atoms. The quantitative estimate of drug-likeness (QED) is 0.393. The number of ether oxygens (including phenoxy) is 1. The molecule has 2 aromatic carbocycles. The Balaban J connectivity index is 1.39. The van der Waals surface area contributed by atoms with Gasteiger partial charge in [0.15, 0.2) is 0 Å². The van der Waals surface area contributed by atoms with Crippen LogP contribution >= 0.6 is 11.8 Å². The molecule has 184 valence electrons. The van der Waals surface area contributed by atoms with Crippen LogP contribution in [0.3, 0.4) is 0 Å². The van der Waals surface area contributed by atoms with Crippen molar-refractivity contribution < 1.29 is 9.53 Å². The third-order valence-corrected chi connectivity index (χ3v) is 6.93. The second-order valence-corrected chi connectivity index (χ2v) is 9.64. The summed E-state index contributed by atoms with van der Waals surface area (Å²) >= 11 is 1.48. The summed E-state index contributed by atoms with van der Waals surface area (Å²) in [6, 6.07) is 17.1. The van der Waals surface area contributed by atoms with E-state index in [-0.39, 0.29) is 0 Å². The molecule has 9 nitrogen and oxygen atoms in total. The summed E-state index contributed by atoms with van der Waals surface area (Å²) in [7, 11) is 2.12. The van der Waals surface area contributed by atoms with E-state index in [0.29, 0.717) is 24.0 Å². The lowest BCUT2D eigenvalue weighted by Gasteiger charge is -2.32. The Bertz CT molecular complexity index is 1320. The summed E-state index contributed by atoms with van der Waals surface area (Å²) in [5, 5.41) is 4.31. The summed E-state index contributed by atoms with van der Waals surface area (Å²) < 4.78 is 8.09. The van der Waals surface area contributed by atoms with E-state index in [1.165, 1.54) is 11.8 Å². The number of anilines is 1. The van der Waals surface area contributed by atoms with Gasteiger partial charge in [-0.2, -0.15) is 10.1 Å². The van der Waals surface area contributed by atoms with Gasteiger partial charge in [-0.3, -0.25) is 4.79 Å². The number of benzene rings is 2. The molecule has 3 heterocycles. The molecule has 0 bridgehead atoms. The van der Waals surface area contributed by atoms with E-state index in [4.69, 9.17) is 15.5 Å². The summed E-state index contributed by atoms with van der Waals surface area (Å²) in [5.41, 5.74) is 7.81. The van der Waals surface area contributed by atoms with Crippen molar-refractivity contribution in [2.45, 2.75) is 16.4 Å². The number of amides is 1. The highest BCUT2D eigenvalue weighted by Crippen LogP contribution is 2.35. The van der Waals surface area contributed by atoms with Gasteiger partial charge in [-0.25, -0.2) is 9.67 Å². The number of carbonyl (C=O) groups is 1. The second-order valence-electron chi connectivity index (χ2n) is 8.53. The molecule has 0 aliphatic carbocycles. The van der Waals surface area contributed by atoms with Crippen molar-refractivity contribution in [3.63, 3.8) is 0 Å². The molecule has 1 fully saturated rings. The van der Waals surface area contributed by atoms with Gasteiger partial charge in [-0.05, 0) is 55.1 Å². The lowest BCUT2D eigenvalue weighted by molar-refractivity contribution is 0.1000. The number of hydrogen-bond donors (Lipinski definition) is 1. The largest absolute Gasteiger partial charge is 0.472 e. The molecule has 4 aromatic rings. The van der Waals surface area contributed by atoms with Crippen molar-refractivity contribution >= 4 is 23.6 Å². The predicted octanol–water partition coefficient (Wildman–Crippen LogP) is 3.24. The van der Waals surface area contributed by atoms with Gasteiger partial charge in [0.2, 0.25) is 17.7 Å². The lowest BCUT2D eigenvalue weighted by atomic mass is 10.2. The Morgan fingerprint density at radius 3 is 2.61 bits per heavy atom. The maximum Gasteiger partial charge on any atom is 0.248 e. The monoisotopic (exact) mass is 501 g/mol. The number of rotatable bonds is 8. The third kappa shape index (κ3) is 5.67. The van der Waals surface area contributed by atoms with Crippen LogP contribution in [0.4, 0.5) is 5.95 Å². The number of piperazine rings is 1. The molecule has 0 radical (unpaired) electrons. The fourth-order valence-corrected chi connectivity index (χ4v) is 4.68. The molecule has 0 unspecified atom stereocenters. The first-order valence-corrected chi connectivity index (χ1v) is 12.5. The van der Waals surface area contributed by atoms with E-state index >= 15 is 0 Å². The Morgan fingerprint density at radius 2 is 1.89 bits per heavy atom. The maximum atomic E-state index is 11.4. The maximum absolute atomic E-state index is 11.4. The average molecular weight is 502 g/mol. The topological polar surface area (TPSA) is 102 Å². The molecule has 1 aliphatic rings. The van der Waals surface area contributed by atoms with E-state index in [1.807, 2.05) is 59.5 Å². The van der Waals surface area contributed by atoms with Gasteiger partial charge in [0.25, 0.3) is 0 Å². The molecule has 2 aromatic heterocycles. The molecule has 10 heteroatoms. The fourth-order valence-electron chi connectivity index (χ4n) is 3.85. The van der Waals surface area contributed by atoms with Gasteiger partial charge in [0.1, 0.15) is 6.61 Å². The first kappa shape index (κ1) is 23.8. The summed E-state index contributed by atoms with van der Waals surface area (Å²) in [4.78, 5) is 27.1. The van der Waals surface area contributed by atoms with Crippen LogP contribution in [0, 0.1) is 0 Å². The number of likely N-dealkylation sites (N-methyl/N-ethyl adjacent to an activating group) is 1. The van der Waals surface area contributed by atoms with Crippen LogP contribution in [0.2, 0.25) is 0 Å². The van der Waals surface area contributed by atoms with Crippen LogP contribution in [0.15, 0.2) is 83.0 Å². The van der Waals surface area contributed by atoms with Crippen molar-refractivity contribution in [2.75, 3.05) is 38.1 Å². The summed E-state index contributed by atoms with van der Waals surface area (Å²) in [5.74, 6) is 0.733. The average Bonchev–Trinajstić information content (AvgIpc) is 3.44. The van der Waals surface area contributed by atoms with Gasteiger partial charge in [0.05, 0.1) is 16.8 Å². The van der Waals surface area contributed by atoms with Gasteiger partial charge in [-0.1, -0.05) is 23.9 Å². The Hall–Kier alpha value is -3.89. The number of nitrogens with zero attached hydrogens (tertiary/aromatic N) is 6. The summed E-state index contributed by atoms with van der Waals surface area (Å²) in [6.45, 7) is 4.00. The van der Waals surface area contributed by atoms with Crippen LogP contribution in [-0.4, -0.2) is 63.8 Å². The van der Waals surface area contributed by atoms with Crippen molar-refractivity contribution in [1.82, 2.24) is 24.6 Å². The smallest absolute Gasteiger partial charge is 0.248 e. The van der Waals surface area contributed by atoms with Crippen LogP contribution in [-0.2, 0) is 6.61 Å². The highest BCUT2D eigenvalue weighted by molar-refractivity contribution is 7.99. The predicted molar refractivity (Wildman–Crippen MR) is 139 cm³/mol. The summed E-state index contributed by atoms with van der Waals surface area (Å²) in [6.07, 6.45) is 5.47. The van der Waals surface area contributed by atoms with Crippen molar-refractivity contribution in [3.05, 3.63) is 84.3 Å². The zero-order valence-corrected chi connectivity index (χ0v) is 20.8. The number of aromatic nitrogens is 4. The number of hydrogen-bond acceptors (Lipinski definition) is 8. The molecule has 1 amide bonds.